The molecule has 0 unspecified atom stereocenters. The number of halogens is 2. The van der Waals surface area contributed by atoms with Crippen LogP contribution in [0.5, 0.6) is 5.75 Å². The van der Waals surface area contributed by atoms with Gasteiger partial charge in [-0.25, -0.2) is 8.78 Å². The van der Waals surface area contributed by atoms with Gasteiger partial charge in [0.1, 0.15) is 12.4 Å². The molecular formula is C15H15F2NO. The van der Waals surface area contributed by atoms with Crippen LogP contribution in [0.4, 0.5) is 8.78 Å². The normalized spacial score (nSPS) is 12.2. The second-order valence-electron chi connectivity index (χ2n) is 4.39. The molecule has 0 aliphatic rings. The van der Waals surface area contributed by atoms with E-state index in [1.807, 2.05) is 0 Å². The van der Waals surface area contributed by atoms with Crippen LogP contribution in [0.25, 0.3) is 0 Å². The van der Waals surface area contributed by atoms with Gasteiger partial charge in [-0.1, -0.05) is 18.2 Å². The average Bonchev–Trinajstić information content (AvgIpc) is 2.39. The smallest absolute Gasteiger partial charge is 0.165 e. The molecule has 2 aromatic rings. The largest absolute Gasteiger partial charge is 0.486 e. The van der Waals surface area contributed by atoms with E-state index >= 15 is 0 Å². The highest BCUT2D eigenvalue weighted by atomic mass is 19.1. The first kappa shape index (κ1) is 13.5. The summed E-state index contributed by atoms with van der Waals surface area (Å²) in [6.07, 6.45) is 0. The van der Waals surface area contributed by atoms with Gasteiger partial charge in [-0.05, 0) is 42.3 Å². The first-order chi connectivity index (χ1) is 9.06. The van der Waals surface area contributed by atoms with E-state index in [1.165, 1.54) is 18.2 Å². The molecule has 0 aliphatic heterocycles. The van der Waals surface area contributed by atoms with Crippen molar-refractivity contribution in [3.8, 4) is 5.75 Å². The molecule has 2 nitrogen and oxygen atoms in total. The van der Waals surface area contributed by atoms with Crippen LogP contribution >= 0.6 is 0 Å². The summed E-state index contributed by atoms with van der Waals surface area (Å²) in [5.41, 5.74) is 7.16. The van der Waals surface area contributed by atoms with Gasteiger partial charge in [0.2, 0.25) is 0 Å². The van der Waals surface area contributed by atoms with Crippen LogP contribution in [0.15, 0.2) is 42.5 Å². The van der Waals surface area contributed by atoms with Crippen molar-refractivity contribution in [3.63, 3.8) is 0 Å². The molecular weight excluding hydrogens is 248 g/mol. The highest BCUT2D eigenvalue weighted by Crippen LogP contribution is 2.22. The van der Waals surface area contributed by atoms with Crippen LogP contribution < -0.4 is 10.5 Å². The Morgan fingerprint density at radius 2 is 1.79 bits per heavy atom. The Balaban J connectivity index is 2.05. The first-order valence-corrected chi connectivity index (χ1v) is 5.98. The van der Waals surface area contributed by atoms with Crippen LogP contribution in [-0.4, -0.2) is 0 Å². The maximum Gasteiger partial charge on any atom is 0.165 e. The second kappa shape index (κ2) is 5.80. The van der Waals surface area contributed by atoms with Gasteiger partial charge in [0.15, 0.2) is 11.6 Å². The Morgan fingerprint density at radius 1 is 1.11 bits per heavy atom. The van der Waals surface area contributed by atoms with Gasteiger partial charge in [-0.2, -0.15) is 0 Å². The molecule has 0 aliphatic carbocycles. The summed E-state index contributed by atoms with van der Waals surface area (Å²) in [7, 11) is 0. The van der Waals surface area contributed by atoms with Crippen molar-refractivity contribution in [1.29, 1.82) is 0 Å². The van der Waals surface area contributed by atoms with Gasteiger partial charge < -0.3 is 10.5 Å². The molecule has 0 bridgehead atoms. The van der Waals surface area contributed by atoms with Crippen molar-refractivity contribution in [1.82, 2.24) is 0 Å². The van der Waals surface area contributed by atoms with Crippen molar-refractivity contribution < 1.29 is 13.5 Å². The Hall–Kier alpha value is -1.94. The van der Waals surface area contributed by atoms with Gasteiger partial charge in [0, 0.05) is 6.04 Å². The molecule has 19 heavy (non-hydrogen) atoms. The summed E-state index contributed by atoms with van der Waals surface area (Å²) in [5, 5.41) is 0. The van der Waals surface area contributed by atoms with E-state index in [2.05, 4.69) is 0 Å². The minimum Gasteiger partial charge on any atom is -0.486 e. The Kier molecular flexibility index (Phi) is 4.12. The minimum absolute atomic E-state index is 0.161. The highest BCUT2D eigenvalue weighted by molar-refractivity contribution is 5.31. The summed E-state index contributed by atoms with van der Waals surface area (Å²) in [4.78, 5) is 0. The number of hydrogen-bond acceptors (Lipinski definition) is 2. The predicted octanol–water partition coefficient (Wildman–Crippen LogP) is 3.56. The predicted molar refractivity (Wildman–Crippen MR) is 69.7 cm³/mol. The summed E-state index contributed by atoms with van der Waals surface area (Å²) in [6, 6.07) is 10.3. The van der Waals surface area contributed by atoms with E-state index in [0.717, 1.165) is 5.56 Å². The van der Waals surface area contributed by atoms with Crippen molar-refractivity contribution >= 4 is 0 Å². The van der Waals surface area contributed by atoms with Crippen molar-refractivity contribution in [2.75, 3.05) is 0 Å². The fourth-order valence-corrected chi connectivity index (χ4v) is 1.66. The molecule has 0 saturated carbocycles. The lowest BCUT2D eigenvalue weighted by molar-refractivity contribution is 0.290. The molecule has 0 amide bonds. The molecule has 1 atom stereocenters. The zero-order chi connectivity index (χ0) is 13.8. The van der Waals surface area contributed by atoms with Crippen molar-refractivity contribution in [3.05, 3.63) is 65.2 Å². The Morgan fingerprint density at radius 3 is 2.37 bits per heavy atom. The van der Waals surface area contributed by atoms with E-state index < -0.39 is 5.82 Å². The van der Waals surface area contributed by atoms with Crippen LogP contribution in [0, 0.1) is 11.6 Å². The fourth-order valence-electron chi connectivity index (χ4n) is 1.66. The second-order valence-corrected chi connectivity index (χ2v) is 4.39. The van der Waals surface area contributed by atoms with E-state index in [0.29, 0.717) is 5.56 Å². The van der Waals surface area contributed by atoms with E-state index in [4.69, 9.17) is 10.5 Å². The average molecular weight is 263 g/mol. The third-order valence-corrected chi connectivity index (χ3v) is 2.79. The summed E-state index contributed by atoms with van der Waals surface area (Å²) < 4.78 is 31.8. The maximum absolute atomic E-state index is 13.7. The summed E-state index contributed by atoms with van der Waals surface area (Å²) in [6.45, 7) is 1.97. The van der Waals surface area contributed by atoms with Gasteiger partial charge in [-0.3, -0.25) is 0 Å². The summed E-state index contributed by atoms with van der Waals surface area (Å²) >= 11 is 0. The molecule has 0 saturated heterocycles. The molecule has 2 N–H and O–H groups in total. The minimum atomic E-state index is -0.447. The molecule has 0 heterocycles. The molecule has 0 radical (unpaired) electrons. The quantitative estimate of drug-likeness (QED) is 0.915. The molecule has 0 aromatic heterocycles. The molecule has 2 aromatic carbocycles. The monoisotopic (exact) mass is 263 g/mol. The molecule has 100 valence electrons. The van der Waals surface area contributed by atoms with E-state index in [-0.39, 0.29) is 24.2 Å². The lowest BCUT2D eigenvalue weighted by Crippen LogP contribution is -2.06. The van der Waals surface area contributed by atoms with Crippen molar-refractivity contribution in [2.24, 2.45) is 5.73 Å². The van der Waals surface area contributed by atoms with Gasteiger partial charge in [0.05, 0.1) is 0 Å². The molecule has 0 fully saturated rings. The first-order valence-electron chi connectivity index (χ1n) is 5.98. The van der Waals surface area contributed by atoms with Crippen LogP contribution in [0.2, 0.25) is 0 Å². The maximum atomic E-state index is 13.7. The third kappa shape index (κ3) is 3.51. The Labute approximate surface area is 110 Å². The number of hydrogen-bond donors (Lipinski definition) is 1. The van der Waals surface area contributed by atoms with Gasteiger partial charge in [0.25, 0.3) is 0 Å². The lowest BCUT2D eigenvalue weighted by Gasteiger charge is -2.10. The van der Waals surface area contributed by atoms with Crippen molar-refractivity contribution in [2.45, 2.75) is 19.6 Å². The molecule has 4 heteroatoms. The van der Waals surface area contributed by atoms with Crippen LogP contribution in [0.3, 0.4) is 0 Å². The SMILES string of the molecule is C[C@H](N)c1ccc(OCc2ccc(F)cc2)c(F)c1. The summed E-state index contributed by atoms with van der Waals surface area (Å²) in [5.74, 6) is -0.596. The number of rotatable bonds is 4. The molecule has 0 spiro atoms. The molecule has 2 rings (SSSR count). The van der Waals surface area contributed by atoms with E-state index in [9.17, 15) is 8.78 Å². The number of benzene rings is 2. The Bertz CT molecular complexity index is 553. The third-order valence-electron chi connectivity index (χ3n) is 2.79. The van der Waals surface area contributed by atoms with Crippen LogP contribution in [-0.2, 0) is 6.61 Å². The van der Waals surface area contributed by atoms with Gasteiger partial charge >= 0.3 is 0 Å². The topological polar surface area (TPSA) is 35.2 Å². The number of ether oxygens (including phenoxy) is 1. The highest BCUT2D eigenvalue weighted by Gasteiger charge is 2.07. The van der Waals surface area contributed by atoms with Crippen LogP contribution in [0.1, 0.15) is 24.1 Å². The van der Waals surface area contributed by atoms with E-state index in [1.54, 1.807) is 31.2 Å². The zero-order valence-corrected chi connectivity index (χ0v) is 10.6. The standard InChI is InChI=1S/C15H15F2NO/c1-10(18)12-4-7-15(14(17)8-12)19-9-11-2-5-13(16)6-3-11/h2-8,10H,9,18H2,1H3/t10-/m0/s1. The number of nitrogens with two attached hydrogens (primary N) is 1. The fraction of sp³-hybridized carbons (Fsp3) is 0.200. The lowest BCUT2D eigenvalue weighted by atomic mass is 10.1. The van der Waals surface area contributed by atoms with Gasteiger partial charge in [-0.15, -0.1) is 0 Å². The zero-order valence-electron chi connectivity index (χ0n) is 10.6.